The lowest BCUT2D eigenvalue weighted by Crippen LogP contribution is -2.29. The van der Waals surface area contributed by atoms with E-state index in [2.05, 4.69) is 135 Å². The summed E-state index contributed by atoms with van der Waals surface area (Å²) in [7, 11) is -4.40. The minimum absolute atomic E-state index is 0.0515. The Morgan fingerprint density at radius 1 is 0.333 bits per heavy atom. The van der Waals surface area contributed by atoms with Gasteiger partial charge in [0, 0.05) is 19.4 Å². The van der Waals surface area contributed by atoms with E-state index >= 15 is 0 Å². The molecule has 2 atom stereocenters. The maximum Gasteiger partial charge on any atom is 0.472 e. The molecular weight excluding hydrogens is 1170 g/mol. The van der Waals surface area contributed by atoms with Gasteiger partial charge in [-0.05, 0) is 109 Å². The zero-order chi connectivity index (χ0) is 67.2. The summed E-state index contributed by atoms with van der Waals surface area (Å²) in [4.78, 5) is 35.4. The Morgan fingerprint density at radius 3 is 0.882 bits per heavy atom. The molecule has 0 fully saturated rings. The molecule has 0 saturated carbocycles. The number of carbonyl (C=O) groups excluding carboxylic acids is 2. The van der Waals surface area contributed by atoms with Crippen LogP contribution in [-0.2, 0) is 32.7 Å². The van der Waals surface area contributed by atoms with E-state index in [1.165, 1.54) is 231 Å². The maximum atomic E-state index is 12.8. The standard InChI is InChI=1S/C83H146NO8P/c1-3-5-7-9-11-13-15-17-19-21-23-25-27-29-31-33-35-36-37-38-39-40-41-42-43-44-46-48-50-52-54-56-58-60-62-64-66-68-70-72-74-76-83(86)92-81(80-91-93(87,88)90-78-77-84)79-89-82(85)75-73-71-69-67-65-63-61-59-57-55-53-51-49-47-45-34-32-30-28-26-24-22-20-18-16-14-12-10-8-6-4-2/h5,7,11,13,16-19,22-25,28-31,35-36,38-39,81H,3-4,6,8-10,12,14-15,20-21,26-27,32-34,37,40-80,84H2,1-2H3,(H,87,88)/b7-5-,13-11-,18-16-,19-17-,24-22-,25-23-,30-28-,31-29-,36-35-,39-38-. The summed E-state index contributed by atoms with van der Waals surface area (Å²) >= 11 is 0. The van der Waals surface area contributed by atoms with Gasteiger partial charge in [-0.3, -0.25) is 18.6 Å². The van der Waals surface area contributed by atoms with E-state index in [4.69, 9.17) is 24.3 Å². The molecule has 0 heterocycles. The minimum Gasteiger partial charge on any atom is -0.462 e. The Kier molecular flexibility index (Phi) is 74.4. The highest BCUT2D eigenvalue weighted by atomic mass is 31.2. The molecule has 0 rings (SSSR count). The normalized spacial score (nSPS) is 13.5. The van der Waals surface area contributed by atoms with Crippen molar-refractivity contribution in [3.8, 4) is 0 Å². The molecular formula is C83H146NO8P. The zero-order valence-electron chi connectivity index (χ0n) is 60.5. The van der Waals surface area contributed by atoms with Crippen LogP contribution < -0.4 is 5.73 Å². The average molecular weight is 1320 g/mol. The van der Waals surface area contributed by atoms with Crippen LogP contribution in [0.15, 0.2) is 122 Å². The van der Waals surface area contributed by atoms with Gasteiger partial charge in [-0.25, -0.2) is 4.57 Å². The Balaban J connectivity index is 3.82. The lowest BCUT2D eigenvalue weighted by atomic mass is 10.0. The Labute approximate surface area is 574 Å². The third-order valence-corrected chi connectivity index (χ3v) is 17.8. The fraction of sp³-hybridized carbons (Fsp3) is 0.735. The van der Waals surface area contributed by atoms with Gasteiger partial charge in [0.05, 0.1) is 13.2 Å². The van der Waals surface area contributed by atoms with Crippen molar-refractivity contribution in [1.82, 2.24) is 0 Å². The molecule has 2 unspecified atom stereocenters. The van der Waals surface area contributed by atoms with Crippen LogP contribution in [0, 0.1) is 0 Å². The second-order valence-corrected chi connectivity index (χ2v) is 27.3. The van der Waals surface area contributed by atoms with Crippen molar-refractivity contribution in [2.45, 2.75) is 367 Å². The summed E-state index contributed by atoms with van der Waals surface area (Å²) in [5, 5.41) is 0. The second-order valence-electron chi connectivity index (χ2n) is 25.8. The number of hydrogen-bond donors (Lipinski definition) is 2. The molecule has 3 N–H and O–H groups in total. The number of phosphoric ester groups is 1. The molecule has 93 heavy (non-hydrogen) atoms. The van der Waals surface area contributed by atoms with Crippen LogP contribution in [0.5, 0.6) is 0 Å². The smallest absolute Gasteiger partial charge is 0.462 e. The highest BCUT2D eigenvalue weighted by Crippen LogP contribution is 2.43. The minimum atomic E-state index is -4.40. The van der Waals surface area contributed by atoms with Crippen LogP contribution in [0.1, 0.15) is 361 Å². The van der Waals surface area contributed by atoms with E-state index in [-0.39, 0.29) is 38.6 Å². The Bertz CT molecular complexity index is 1950. The SMILES string of the molecule is CC/C=C\C/C=C\C/C=C\C/C=C\C/C=C\C/C=C\C/C=C\CCCCCCCCCCCCCCCCCCCCCC(=O)OC(COC(=O)CCCCCCCCCCCCCCCCCC/C=C\C/C=C\C/C=C\CCCCCCC)COP(=O)(O)OCCN. The van der Waals surface area contributed by atoms with Crippen molar-refractivity contribution in [1.29, 1.82) is 0 Å². The molecule has 10 heteroatoms. The number of allylic oxidation sites excluding steroid dienone is 20. The monoisotopic (exact) mass is 1320 g/mol. The molecule has 0 aromatic heterocycles. The number of nitrogens with two attached hydrogens (primary N) is 1. The molecule has 0 amide bonds. The summed E-state index contributed by atoms with van der Waals surface area (Å²) in [6.07, 6.45) is 109. The van der Waals surface area contributed by atoms with Crippen molar-refractivity contribution >= 4 is 19.8 Å². The Morgan fingerprint density at radius 2 is 0.591 bits per heavy atom. The maximum absolute atomic E-state index is 12.8. The summed E-state index contributed by atoms with van der Waals surface area (Å²) < 4.78 is 33.3. The topological polar surface area (TPSA) is 134 Å². The molecule has 0 radical (unpaired) electrons. The van der Waals surface area contributed by atoms with Crippen LogP contribution in [0.4, 0.5) is 0 Å². The van der Waals surface area contributed by atoms with Crippen LogP contribution in [-0.4, -0.2) is 49.3 Å². The molecule has 0 aliphatic carbocycles. The van der Waals surface area contributed by atoms with Crippen molar-refractivity contribution in [3.63, 3.8) is 0 Å². The summed E-state index contributed by atoms with van der Waals surface area (Å²) in [5.74, 6) is -0.815. The fourth-order valence-corrected chi connectivity index (χ4v) is 11.9. The molecule has 0 aliphatic heterocycles. The zero-order valence-corrected chi connectivity index (χ0v) is 61.4. The number of rotatable bonds is 73. The Hall–Kier alpha value is -3.59. The van der Waals surface area contributed by atoms with Crippen LogP contribution in [0.2, 0.25) is 0 Å². The molecule has 0 aromatic rings. The molecule has 0 aliphatic rings. The van der Waals surface area contributed by atoms with Gasteiger partial charge >= 0.3 is 19.8 Å². The molecule has 0 bridgehead atoms. The predicted molar refractivity (Wildman–Crippen MR) is 404 cm³/mol. The van der Waals surface area contributed by atoms with Gasteiger partial charge in [-0.1, -0.05) is 360 Å². The third kappa shape index (κ3) is 77.3. The highest BCUT2D eigenvalue weighted by Gasteiger charge is 2.26. The third-order valence-electron chi connectivity index (χ3n) is 16.8. The average Bonchev–Trinajstić information content (AvgIpc) is 3.49. The van der Waals surface area contributed by atoms with Crippen molar-refractivity contribution in [2.75, 3.05) is 26.4 Å². The highest BCUT2D eigenvalue weighted by molar-refractivity contribution is 7.47. The largest absolute Gasteiger partial charge is 0.472 e. The van der Waals surface area contributed by atoms with Gasteiger partial charge in [0.1, 0.15) is 6.61 Å². The number of esters is 2. The molecule has 0 spiro atoms. The van der Waals surface area contributed by atoms with Gasteiger partial charge in [-0.2, -0.15) is 0 Å². The molecule has 0 saturated heterocycles. The first-order chi connectivity index (χ1) is 45.8. The van der Waals surface area contributed by atoms with E-state index in [0.717, 1.165) is 96.3 Å². The molecule has 9 nitrogen and oxygen atoms in total. The number of phosphoric acid groups is 1. The first kappa shape index (κ1) is 89.4. The van der Waals surface area contributed by atoms with Crippen molar-refractivity contribution in [3.05, 3.63) is 122 Å². The summed E-state index contributed by atoms with van der Waals surface area (Å²) in [6, 6.07) is 0. The van der Waals surface area contributed by atoms with E-state index < -0.39 is 26.5 Å². The van der Waals surface area contributed by atoms with Crippen LogP contribution in [0.25, 0.3) is 0 Å². The number of ether oxygens (including phenoxy) is 2. The quantitative estimate of drug-likeness (QED) is 0.0264. The number of carbonyl (C=O) groups is 2. The molecule has 0 aromatic carbocycles. The van der Waals surface area contributed by atoms with Gasteiger partial charge in [0.25, 0.3) is 0 Å². The van der Waals surface area contributed by atoms with Gasteiger partial charge < -0.3 is 20.1 Å². The fourth-order valence-electron chi connectivity index (χ4n) is 11.1. The number of unbranched alkanes of at least 4 members (excludes halogenated alkanes) is 40. The molecule has 536 valence electrons. The van der Waals surface area contributed by atoms with Crippen LogP contribution in [0.3, 0.4) is 0 Å². The van der Waals surface area contributed by atoms with E-state index in [0.29, 0.717) is 6.42 Å². The first-order valence-corrected chi connectivity index (χ1v) is 40.5. The van der Waals surface area contributed by atoms with E-state index in [1.807, 2.05) is 0 Å². The van der Waals surface area contributed by atoms with Crippen molar-refractivity contribution < 1.29 is 37.6 Å². The summed E-state index contributed by atoms with van der Waals surface area (Å²) in [6.45, 7) is 3.66. The van der Waals surface area contributed by atoms with Gasteiger partial charge in [0.15, 0.2) is 6.10 Å². The lowest BCUT2D eigenvalue weighted by molar-refractivity contribution is -0.161. The van der Waals surface area contributed by atoms with Crippen molar-refractivity contribution in [2.24, 2.45) is 5.73 Å². The van der Waals surface area contributed by atoms with Gasteiger partial charge in [-0.15, -0.1) is 0 Å². The summed E-state index contributed by atoms with van der Waals surface area (Å²) in [5.41, 5.74) is 5.41. The lowest BCUT2D eigenvalue weighted by Gasteiger charge is -2.19. The second kappa shape index (κ2) is 77.4. The van der Waals surface area contributed by atoms with E-state index in [1.54, 1.807) is 0 Å². The predicted octanol–water partition coefficient (Wildman–Crippen LogP) is 26.2. The van der Waals surface area contributed by atoms with E-state index in [9.17, 15) is 19.0 Å². The first-order valence-electron chi connectivity index (χ1n) is 39.0. The van der Waals surface area contributed by atoms with Crippen LogP contribution >= 0.6 is 7.82 Å². The van der Waals surface area contributed by atoms with Gasteiger partial charge in [0.2, 0.25) is 0 Å². The number of hydrogen-bond acceptors (Lipinski definition) is 8.